The lowest BCUT2D eigenvalue weighted by molar-refractivity contribution is 0.123. The number of fused-ring (bicyclic) bond motifs is 2. The van der Waals surface area contributed by atoms with Crippen LogP contribution in [0.5, 0.6) is 0 Å². The molecule has 5 rings (SSSR count). The van der Waals surface area contributed by atoms with Crippen molar-refractivity contribution in [3.05, 3.63) is 59.7 Å². The van der Waals surface area contributed by atoms with Crippen LogP contribution < -0.4 is 9.80 Å². The molecule has 2 aromatic carbocycles. The lowest BCUT2D eigenvalue weighted by Crippen LogP contribution is -2.36. The summed E-state index contributed by atoms with van der Waals surface area (Å²) in [6.45, 7) is 6.12. The van der Waals surface area contributed by atoms with Crippen molar-refractivity contribution >= 4 is 32.2 Å². The predicted octanol–water partition coefficient (Wildman–Crippen LogP) is 3.17. The summed E-state index contributed by atoms with van der Waals surface area (Å²) in [6.07, 6.45) is 0. The molecule has 6 nitrogen and oxygen atoms in total. The maximum Gasteiger partial charge on any atom is 0.180 e. The highest BCUT2D eigenvalue weighted by Crippen LogP contribution is 2.34. The lowest BCUT2D eigenvalue weighted by Gasteiger charge is -2.31. The Balaban J connectivity index is 1.63. The first-order valence-corrected chi connectivity index (χ1v) is 12.0. The molecule has 1 saturated heterocycles. The van der Waals surface area contributed by atoms with Crippen LogP contribution in [0.15, 0.2) is 53.4 Å². The van der Waals surface area contributed by atoms with Gasteiger partial charge in [-0.05, 0) is 24.1 Å². The van der Waals surface area contributed by atoms with E-state index in [0.717, 1.165) is 46.6 Å². The predicted molar refractivity (Wildman–Crippen MR) is 119 cm³/mol. The van der Waals surface area contributed by atoms with E-state index in [0.29, 0.717) is 31.2 Å². The monoisotopic (exact) mass is 423 g/mol. The smallest absolute Gasteiger partial charge is 0.180 e. The molecule has 0 amide bonds. The first-order chi connectivity index (χ1) is 14.5. The van der Waals surface area contributed by atoms with Crippen LogP contribution in [0.4, 0.5) is 11.5 Å². The van der Waals surface area contributed by atoms with Crippen LogP contribution in [0.1, 0.15) is 11.1 Å². The van der Waals surface area contributed by atoms with E-state index in [-0.39, 0.29) is 5.75 Å². The summed E-state index contributed by atoms with van der Waals surface area (Å²) in [5, 5.41) is 1.13. The number of morpholine rings is 1. The number of hydrogen-bond acceptors (Lipinski definition) is 6. The van der Waals surface area contributed by atoms with Crippen molar-refractivity contribution in [3.63, 3.8) is 0 Å². The minimum atomic E-state index is -3.30. The molecule has 3 aromatic rings. The van der Waals surface area contributed by atoms with E-state index < -0.39 is 9.84 Å². The molecular formula is C23H25N3O3S. The summed E-state index contributed by atoms with van der Waals surface area (Å²) in [6, 6.07) is 15.7. The van der Waals surface area contributed by atoms with E-state index in [1.165, 1.54) is 0 Å². The van der Waals surface area contributed by atoms with Crippen molar-refractivity contribution in [1.29, 1.82) is 0 Å². The van der Waals surface area contributed by atoms with Gasteiger partial charge in [0.25, 0.3) is 0 Å². The number of benzene rings is 2. The van der Waals surface area contributed by atoms with Crippen molar-refractivity contribution < 1.29 is 13.2 Å². The highest BCUT2D eigenvalue weighted by molar-refractivity contribution is 7.91. The molecule has 0 bridgehead atoms. The van der Waals surface area contributed by atoms with Crippen molar-refractivity contribution in [1.82, 2.24) is 4.98 Å². The number of aryl methyl sites for hydroxylation is 1. The first kappa shape index (κ1) is 19.3. The second-order valence-electron chi connectivity index (χ2n) is 7.92. The van der Waals surface area contributed by atoms with Crippen LogP contribution in [-0.4, -0.2) is 52.0 Å². The number of sulfone groups is 1. The summed E-state index contributed by atoms with van der Waals surface area (Å²) in [5.41, 5.74) is 4.06. The molecule has 0 N–H and O–H groups in total. The zero-order valence-corrected chi connectivity index (χ0v) is 17.9. The zero-order chi connectivity index (χ0) is 20.7. The summed E-state index contributed by atoms with van der Waals surface area (Å²) in [4.78, 5) is 9.87. The third-order valence-electron chi connectivity index (χ3n) is 5.98. The summed E-state index contributed by atoms with van der Waals surface area (Å²) in [7, 11) is -3.30. The highest BCUT2D eigenvalue weighted by atomic mass is 32.2. The molecule has 0 radical (unpaired) electrons. The minimum Gasteiger partial charge on any atom is -0.378 e. The number of pyridine rings is 1. The molecule has 30 heavy (non-hydrogen) atoms. The molecule has 156 valence electrons. The fourth-order valence-corrected chi connectivity index (χ4v) is 5.85. The number of hydrogen-bond donors (Lipinski definition) is 0. The molecule has 1 fully saturated rings. The second kappa shape index (κ2) is 7.56. The Kier molecular flexibility index (Phi) is 4.87. The first-order valence-electron chi connectivity index (χ1n) is 10.3. The van der Waals surface area contributed by atoms with Gasteiger partial charge >= 0.3 is 0 Å². The van der Waals surface area contributed by atoms with E-state index in [4.69, 9.17) is 9.72 Å². The van der Waals surface area contributed by atoms with Crippen LogP contribution in [0.2, 0.25) is 0 Å². The van der Waals surface area contributed by atoms with E-state index in [1.54, 1.807) is 12.1 Å². The molecule has 0 spiro atoms. The average molecular weight is 424 g/mol. The van der Waals surface area contributed by atoms with Gasteiger partial charge in [-0.15, -0.1) is 0 Å². The Morgan fingerprint density at radius 2 is 1.77 bits per heavy atom. The van der Waals surface area contributed by atoms with Crippen LogP contribution in [-0.2, 0) is 21.1 Å². The Morgan fingerprint density at radius 1 is 0.967 bits per heavy atom. The van der Waals surface area contributed by atoms with Crippen LogP contribution in [0.25, 0.3) is 10.9 Å². The molecule has 2 aliphatic heterocycles. The van der Waals surface area contributed by atoms with E-state index in [9.17, 15) is 8.42 Å². The normalized spacial score (nSPS) is 18.8. The van der Waals surface area contributed by atoms with Gasteiger partial charge in [0.2, 0.25) is 0 Å². The van der Waals surface area contributed by atoms with Gasteiger partial charge in [-0.2, -0.15) is 0 Å². The molecule has 0 aliphatic carbocycles. The summed E-state index contributed by atoms with van der Waals surface area (Å²) >= 11 is 0. The van der Waals surface area contributed by atoms with Crippen LogP contribution in [0, 0.1) is 6.92 Å². The topological polar surface area (TPSA) is 62.7 Å². The molecule has 0 saturated carbocycles. The molecule has 1 aromatic heterocycles. The summed E-state index contributed by atoms with van der Waals surface area (Å²) in [5.74, 6) is 0.912. The van der Waals surface area contributed by atoms with Gasteiger partial charge in [0.05, 0.1) is 29.4 Å². The fourth-order valence-electron chi connectivity index (χ4n) is 4.35. The van der Waals surface area contributed by atoms with Crippen molar-refractivity contribution in [2.24, 2.45) is 0 Å². The maximum atomic E-state index is 12.8. The molecule has 7 heteroatoms. The van der Waals surface area contributed by atoms with Crippen molar-refractivity contribution in [2.75, 3.05) is 48.4 Å². The van der Waals surface area contributed by atoms with E-state index >= 15 is 0 Å². The number of nitrogens with zero attached hydrogens (tertiary/aromatic N) is 3. The Labute approximate surface area is 177 Å². The zero-order valence-electron chi connectivity index (χ0n) is 17.0. The van der Waals surface area contributed by atoms with E-state index in [2.05, 4.69) is 41.0 Å². The second-order valence-corrected chi connectivity index (χ2v) is 10.00. The van der Waals surface area contributed by atoms with Gasteiger partial charge in [0.1, 0.15) is 5.82 Å². The molecule has 0 atom stereocenters. The van der Waals surface area contributed by atoms with Crippen LogP contribution >= 0.6 is 0 Å². The molecule has 0 unspecified atom stereocenters. The number of aromatic nitrogens is 1. The van der Waals surface area contributed by atoms with Gasteiger partial charge in [0.15, 0.2) is 9.84 Å². The fraction of sp³-hybridized carbons (Fsp3) is 0.348. The Hall–Kier alpha value is -2.64. The van der Waals surface area contributed by atoms with E-state index in [1.807, 2.05) is 12.1 Å². The molecular weight excluding hydrogens is 398 g/mol. The number of ether oxygens (including phenoxy) is 1. The molecule has 3 heterocycles. The number of anilines is 2. The van der Waals surface area contributed by atoms with Crippen LogP contribution in [0.3, 0.4) is 0 Å². The highest BCUT2D eigenvalue weighted by Gasteiger charge is 2.27. The number of para-hydroxylation sites is 1. The number of rotatable bonds is 2. The Bertz CT molecular complexity index is 1200. The molecule has 2 aliphatic rings. The van der Waals surface area contributed by atoms with Gasteiger partial charge in [0, 0.05) is 43.3 Å². The third-order valence-corrected chi connectivity index (χ3v) is 7.77. The average Bonchev–Trinajstić information content (AvgIpc) is 2.90. The van der Waals surface area contributed by atoms with Crippen molar-refractivity contribution in [3.8, 4) is 0 Å². The summed E-state index contributed by atoms with van der Waals surface area (Å²) < 4.78 is 31.1. The standard InChI is InChI=1S/C23H25N3O3S/c1-17-5-4-7-19-20(25-9-12-29-13-10-25)15-22(24-23(17)19)26-11-14-30(27,28)21-8-3-2-6-18(21)16-26/h2-8,15H,9-14,16H2,1H3. The SMILES string of the molecule is Cc1cccc2c(N3CCOCC3)cc(N3CCS(=O)(=O)c4ccccc4C3)nc12. The van der Waals surface area contributed by atoms with Crippen molar-refractivity contribution in [2.45, 2.75) is 18.4 Å². The van der Waals surface area contributed by atoms with Gasteiger partial charge in [-0.25, -0.2) is 13.4 Å². The maximum absolute atomic E-state index is 12.8. The third kappa shape index (κ3) is 3.42. The quantitative estimate of drug-likeness (QED) is 0.631. The Morgan fingerprint density at radius 3 is 2.60 bits per heavy atom. The minimum absolute atomic E-state index is 0.0877. The van der Waals surface area contributed by atoms with Gasteiger partial charge in [-0.1, -0.05) is 36.4 Å². The lowest BCUT2D eigenvalue weighted by atomic mass is 10.1. The van der Waals surface area contributed by atoms with Gasteiger partial charge < -0.3 is 14.5 Å². The largest absolute Gasteiger partial charge is 0.378 e. The van der Waals surface area contributed by atoms with Gasteiger partial charge in [-0.3, -0.25) is 0 Å².